The first-order valence-corrected chi connectivity index (χ1v) is 9.76. The van der Waals surface area contributed by atoms with Crippen molar-refractivity contribution in [2.75, 3.05) is 0 Å². The third-order valence-corrected chi connectivity index (χ3v) is 5.66. The summed E-state index contributed by atoms with van der Waals surface area (Å²) in [4.78, 5) is 0.388. The van der Waals surface area contributed by atoms with Crippen molar-refractivity contribution < 1.29 is 8.42 Å². The Morgan fingerprint density at radius 1 is 1.17 bits per heavy atom. The molecule has 0 spiro atoms. The summed E-state index contributed by atoms with van der Waals surface area (Å²) < 4.78 is 28.4. The van der Waals surface area contributed by atoms with Crippen molar-refractivity contribution in [3.63, 3.8) is 0 Å². The highest BCUT2D eigenvalue weighted by molar-refractivity contribution is 7.89. The van der Waals surface area contributed by atoms with Crippen molar-refractivity contribution in [1.82, 2.24) is 4.72 Å². The third-order valence-electron chi connectivity index (χ3n) is 3.87. The van der Waals surface area contributed by atoms with Crippen LogP contribution in [0.2, 0.25) is 0 Å². The van der Waals surface area contributed by atoms with Gasteiger partial charge in [0.2, 0.25) is 10.0 Å². The molecule has 1 N–H and O–H groups in total. The van der Waals surface area contributed by atoms with Crippen LogP contribution in [0.4, 0.5) is 0 Å². The molecule has 0 amide bonds. The molecule has 0 aliphatic carbocycles. The lowest BCUT2D eigenvalue weighted by Crippen LogP contribution is -2.34. The molecule has 1 aromatic carbocycles. The average Bonchev–Trinajstić information content (AvgIpc) is 2.41. The first-order valence-electron chi connectivity index (χ1n) is 8.28. The van der Waals surface area contributed by atoms with Crippen LogP contribution >= 0.6 is 0 Å². The summed E-state index contributed by atoms with van der Waals surface area (Å²) in [5.74, 6) is 0. The van der Waals surface area contributed by atoms with E-state index in [4.69, 9.17) is 0 Å². The molecule has 1 rings (SSSR count). The maximum atomic E-state index is 12.8. The maximum Gasteiger partial charge on any atom is 0.241 e. The third kappa shape index (κ3) is 5.98. The van der Waals surface area contributed by atoms with E-state index in [0.717, 1.165) is 42.4 Å². The predicted octanol–water partition coefficient (Wildman–Crippen LogP) is 4.57. The zero-order chi connectivity index (χ0) is 17.5. The van der Waals surface area contributed by atoms with Crippen molar-refractivity contribution in [3.05, 3.63) is 47.2 Å². The van der Waals surface area contributed by atoms with E-state index < -0.39 is 10.0 Å². The second-order valence-electron chi connectivity index (χ2n) is 6.18. The van der Waals surface area contributed by atoms with E-state index in [-0.39, 0.29) is 6.04 Å². The van der Waals surface area contributed by atoms with Gasteiger partial charge in [0, 0.05) is 6.04 Å². The molecule has 0 radical (unpaired) electrons. The van der Waals surface area contributed by atoms with Crippen molar-refractivity contribution in [1.29, 1.82) is 0 Å². The minimum Gasteiger partial charge on any atom is -0.207 e. The van der Waals surface area contributed by atoms with Crippen molar-refractivity contribution in [3.8, 4) is 0 Å². The summed E-state index contributed by atoms with van der Waals surface area (Å²) in [6.07, 6.45) is 6.92. The molecule has 0 aliphatic heterocycles. The molecule has 3 nitrogen and oxygen atoms in total. The van der Waals surface area contributed by atoms with E-state index in [1.54, 1.807) is 6.08 Å². The number of aryl methyl sites for hydroxylation is 3. The molecular weight excluding hydrogens is 306 g/mol. The Hall–Kier alpha value is -1.35. The summed E-state index contributed by atoms with van der Waals surface area (Å²) >= 11 is 0. The number of rotatable bonds is 9. The summed E-state index contributed by atoms with van der Waals surface area (Å²) in [5.41, 5.74) is 5.35. The van der Waals surface area contributed by atoms with E-state index in [1.165, 1.54) is 6.42 Å². The molecule has 0 fully saturated rings. The lowest BCUT2D eigenvalue weighted by Gasteiger charge is -2.18. The topological polar surface area (TPSA) is 46.2 Å². The second-order valence-corrected chi connectivity index (χ2v) is 7.83. The number of unbranched alkanes of at least 4 members (excludes halogenated alkanes) is 3. The number of benzene rings is 1. The SMILES string of the molecule is C=C=CC(CCCCCC)NS(=O)(=O)c1c(C)cc(C)cc1C. The van der Waals surface area contributed by atoms with Crippen LogP contribution in [0.25, 0.3) is 0 Å². The second kappa shape index (κ2) is 9.07. The Bertz CT molecular complexity index is 648. The molecule has 0 aliphatic rings. The highest BCUT2D eigenvalue weighted by Gasteiger charge is 2.22. The van der Waals surface area contributed by atoms with Gasteiger partial charge in [-0.2, -0.15) is 0 Å². The summed E-state index contributed by atoms with van der Waals surface area (Å²) in [6, 6.07) is 3.55. The molecule has 0 aromatic heterocycles. The van der Waals surface area contributed by atoms with Gasteiger partial charge in [-0.15, -0.1) is 5.73 Å². The Morgan fingerprint density at radius 3 is 2.30 bits per heavy atom. The quantitative estimate of drug-likeness (QED) is 0.531. The molecule has 0 bridgehead atoms. The lowest BCUT2D eigenvalue weighted by molar-refractivity contribution is 0.542. The van der Waals surface area contributed by atoms with E-state index in [0.29, 0.717) is 4.90 Å². The van der Waals surface area contributed by atoms with E-state index in [2.05, 4.69) is 24.0 Å². The Kier molecular flexibility index (Phi) is 7.77. The van der Waals surface area contributed by atoms with Crippen LogP contribution in [0, 0.1) is 20.8 Å². The van der Waals surface area contributed by atoms with E-state index in [1.807, 2.05) is 32.9 Å². The van der Waals surface area contributed by atoms with Gasteiger partial charge in [-0.05, 0) is 44.4 Å². The van der Waals surface area contributed by atoms with Crippen LogP contribution < -0.4 is 4.72 Å². The summed E-state index contributed by atoms with van der Waals surface area (Å²) in [7, 11) is -3.55. The first kappa shape index (κ1) is 19.7. The minimum absolute atomic E-state index is 0.255. The van der Waals surface area contributed by atoms with Crippen LogP contribution in [0.5, 0.6) is 0 Å². The van der Waals surface area contributed by atoms with Crippen molar-refractivity contribution >= 4 is 10.0 Å². The van der Waals surface area contributed by atoms with E-state index >= 15 is 0 Å². The summed E-state index contributed by atoms with van der Waals surface area (Å²) in [5, 5.41) is 0. The monoisotopic (exact) mass is 335 g/mol. The normalized spacial score (nSPS) is 12.7. The van der Waals surface area contributed by atoms with Gasteiger partial charge in [0.05, 0.1) is 4.90 Å². The zero-order valence-corrected chi connectivity index (χ0v) is 15.6. The zero-order valence-electron chi connectivity index (χ0n) is 14.8. The molecule has 0 saturated carbocycles. The van der Waals surface area contributed by atoms with Gasteiger partial charge in [-0.1, -0.05) is 56.9 Å². The fraction of sp³-hybridized carbons (Fsp3) is 0.526. The van der Waals surface area contributed by atoms with Gasteiger partial charge in [-0.3, -0.25) is 0 Å². The minimum atomic E-state index is -3.55. The van der Waals surface area contributed by atoms with Crippen LogP contribution in [-0.4, -0.2) is 14.5 Å². The van der Waals surface area contributed by atoms with Gasteiger partial charge >= 0.3 is 0 Å². The Balaban J connectivity index is 2.96. The Labute approximate surface area is 141 Å². The highest BCUT2D eigenvalue weighted by atomic mass is 32.2. The number of nitrogens with one attached hydrogen (secondary N) is 1. The predicted molar refractivity (Wildman–Crippen MR) is 97.2 cm³/mol. The molecule has 128 valence electrons. The highest BCUT2D eigenvalue weighted by Crippen LogP contribution is 2.22. The maximum absolute atomic E-state index is 12.8. The average molecular weight is 336 g/mol. The molecule has 0 saturated heterocycles. The number of hydrogen-bond donors (Lipinski definition) is 1. The Morgan fingerprint density at radius 2 is 1.78 bits per heavy atom. The number of hydrogen-bond acceptors (Lipinski definition) is 2. The van der Waals surface area contributed by atoms with Crippen LogP contribution in [0.3, 0.4) is 0 Å². The first-order chi connectivity index (χ1) is 10.8. The molecule has 23 heavy (non-hydrogen) atoms. The van der Waals surface area contributed by atoms with Gasteiger partial charge in [-0.25, -0.2) is 13.1 Å². The lowest BCUT2D eigenvalue weighted by atomic mass is 10.1. The van der Waals surface area contributed by atoms with Crippen LogP contribution in [0.15, 0.2) is 35.4 Å². The molecule has 1 aromatic rings. The standard InChI is InChI=1S/C19H29NO2S/c1-6-8-9-10-12-18(11-7-2)20-23(21,22)19-16(4)13-15(3)14-17(19)5/h11,13-14,18,20H,2,6,8-10,12H2,1,3-5H3. The van der Waals surface area contributed by atoms with Crippen LogP contribution in [0.1, 0.15) is 55.7 Å². The van der Waals surface area contributed by atoms with Gasteiger partial charge < -0.3 is 0 Å². The molecule has 1 atom stereocenters. The fourth-order valence-corrected chi connectivity index (χ4v) is 4.63. The molecule has 1 unspecified atom stereocenters. The van der Waals surface area contributed by atoms with Crippen molar-refractivity contribution in [2.24, 2.45) is 0 Å². The van der Waals surface area contributed by atoms with Gasteiger partial charge in [0.1, 0.15) is 0 Å². The largest absolute Gasteiger partial charge is 0.241 e. The van der Waals surface area contributed by atoms with Crippen molar-refractivity contribution in [2.45, 2.75) is 70.7 Å². The van der Waals surface area contributed by atoms with E-state index in [9.17, 15) is 8.42 Å². The summed E-state index contributed by atoms with van der Waals surface area (Å²) in [6.45, 7) is 11.4. The van der Waals surface area contributed by atoms with Crippen LogP contribution in [-0.2, 0) is 10.0 Å². The molecule has 4 heteroatoms. The number of sulfonamides is 1. The molecular formula is C19H29NO2S. The molecule has 0 heterocycles. The smallest absolute Gasteiger partial charge is 0.207 e. The fourth-order valence-electron chi connectivity index (χ4n) is 2.96. The van der Waals surface area contributed by atoms with Gasteiger partial charge in [0.25, 0.3) is 0 Å². The van der Waals surface area contributed by atoms with Gasteiger partial charge in [0.15, 0.2) is 0 Å².